The summed E-state index contributed by atoms with van der Waals surface area (Å²) in [5.41, 5.74) is 16.0. The van der Waals surface area contributed by atoms with Crippen LogP contribution >= 0.6 is 18.5 Å². The van der Waals surface area contributed by atoms with Crippen LogP contribution < -0.4 is 0 Å². The van der Waals surface area contributed by atoms with Crippen LogP contribution in [0.2, 0.25) is 0 Å². The summed E-state index contributed by atoms with van der Waals surface area (Å²) in [5, 5.41) is 0. The van der Waals surface area contributed by atoms with E-state index in [2.05, 4.69) is 44.5 Å². The number of hydrogen-bond acceptors (Lipinski definition) is 0. The lowest BCUT2D eigenvalue weighted by molar-refractivity contribution is 0.679. The van der Waals surface area contributed by atoms with Gasteiger partial charge in [-0.3, -0.25) is 0 Å². The largest absolute Gasteiger partial charge is 0.133 e. The van der Waals surface area contributed by atoms with E-state index in [1.165, 1.54) is 62.5 Å². The Bertz CT molecular complexity index is 777. The third-order valence-electron chi connectivity index (χ3n) is 6.62. The van der Waals surface area contributed by atoms with Gasteiger partial charge < -0.3 is 0 Å². The molecule has 0 fully saturated rings. The maximum Gasteiger partial charge on any atom is -0.0105 e. The lowest BCUT2D eigenvalue weighted by Gasteiger charge is -2.30. The molecule has 0 amide bonds. The summed E-state index contributed by atoms with van der Waals surface area (Å²) < 4.78 is 0. The predicted octanol–water partition coefficient (Wildman–Crippen LogP) is 6.48. The van der Waals surface area contributed by atoms with Gasteiger partial charge >= 0.3 is 0 Å². The summed E-state index contributed by atoms with van der Waals surface area (Å²) in [6.07, 6.45) is 12.6. The first-order chi connectivity index (χ1) is 12.7. The summed E-state index contributed by atoms with van der Waals surface area (Å²) in [6, 6.07) is 5.00. The molecule has 2 heteroatoms. The first kappa shape index (κ1) is 18.7. The molecule has 0 aliphatic heterocycles. The highest BCUT2D eigenvalue weighted by atomic mass is 31.0. The summed E-state index contributed by atoms with van der Waals surface area (Å²) in [5.74, 6) is 0. The summed E-state index contributed by atoms with van der Waals surface area (Å²) in [6.45, 7) is 4.67. The minimum absolute atomic E-state index is 1.06. The predicted molar refractivity (Wildman–Crippen MR) is 121 cm³/mol. The Balaban J connectivity index is 2.10. The Kier molecular flexibility index (Phi) is 5.55. The first-order valence-corrected chi connectivity index (χ1v) is 12.0. The van der Waals surface area contributed by atoms with Crippen molar-refractivity contribution in [2.24, 2.45) is 0 Å². The molecule has 0 saturated heterocycles. The molecule has 138 valence electrons. The lowest BCUT2D eigenvalue weighted by atomic mass is 9.76. The zero-order valence-electron chi connectivity index (χ0n) is 16.4. The molecular formula is C24H32P2. The van der Waals surface area contributed by atoms with Crippen molar-refractivity contribution >= 4 is 18.5 Å². The van der Waals surface area contributed by atoms with Gasteiger partial charge in [-0.2, -0.15) is 0 Å². The van der Waals surface area contributed by atoms with Gasteiger partial charge in [0.15, 0.2) is 0 Å². The Morgan fingerprint density at radius 2 is 1.04 bits per heavy atom. The van der Waals surface area contributed by atoms with Gasteiger partial charge in [-0.1, -0.05) is 12.1 Å². The quantitative estimate of drug-likeness (QED) is 0.533. The number of rotatable bonds is 3. The second-order valence-electron chi connectivity index (χ2n) is 8.19. The van der Waals surface area contributed by atoms with Crippen LogP contribution in [0.3, 0.4) is 0 Å². The van der Waals surface area contributed by atoms with E-state index in [1.807, 2.05) is 0 Å². The van der Waals surface area contributed by atoms with Gasteiger partial charge in [0.05, 0.1) is 0 Å². The van der Waals surface area contributed by atoms with Gasteiger partial charge in [0, 0.05) is 0 Å². The van der Waals surface area contributed by atoms with Crippen molar-refractivity contribution in [3.05, 3.63) is 56.6 Å². The lowest BCUT2D eigenvalue weighted by Crippen LogP contribution is -2.13. The van der Waals surface area contributed by atoms with E-state index in [0.717, 1.165) is 12.3 Å². The third-order valence-corrected chi connectivity index (χ3v) is 7.44. The minimum atomic E-state index is 1.06. The molecule has 2 aromatic rings. The fourth-order valence-electron chi connectivity index (χ4n) is 5.33. The van der Waals surface area contributed by atoms with Crippen LogP contribution in [-0.2, 0) is 38.0 Å². The molecule has 0 N–H and O–H groups in total. The molecule has 0 nitrogen and oxygen atoms in total. The van der Waals surface area contributed by atoms with Gasteiger partial charge in [0.2, 0.25) is 0 Å². The van der Waals surface area contributed by atoms with E-state index in [9.17, 15) is 0 Å². The zero-order chi connectivity index (χ0) is 18.3. The Morgan fingerprint density at radius 1 is 0.654 bits per heavy atom. The van der Waals surface area contributed by atoms with Gasteiger partial charge in [0.25, 0.3) is 0 Å². The van der Waals surface area contributed by atoms with E-state index in [0.29, 0.717) is 0 Å². The van der Waals surface area contributed by atoms with E-state index in [4.69, 9.17) is 0 Å². The van der Waals surface area contributed by atoms with Gasteiger partial charge in [0.1, 0.15) is 0 Å². The highest BCUT2D eigenvalue weighted by Crippen LogP contribution is 2.44. The number of benzene rings is 2. The molecule has 2 atom stereocenters. The Labute approximate surface area is 164 Å². The first-order valence-electron chi connectivity index (χ1n) is 10.3. The smallest absolute Gasteiger partial charge is 0.0105 e. The van der Waals surface area contributed by atoms with Crippen molar-refractivity contribution in [3.63, 3.8) is 0 Å². The maximum atomic E-state index is 3.01. The number of aryl methyl sites for hydroxylation is 4. The molecule has 0 bridgehead atoms. The average Bonchev–Trinajstić information content (AvgIpc) is 2.66. The molecule has 0 saturated carbocycles. The number of fused-ring (bicyclic) bond motifs is 2. The Hall–Kier alpha value is -0.700. The van der Waals surface area contributed by atoms with Crippen LogP contribution in [0.1, 0.15) is 70.2 Å². The second-order valence-corrected chi connectivity index (χ2v) is 9.01. The van der Waals surface area contributed by atoms with Crippen LogP contribution in [-0.4, -0.2) is 0 Å². The SMILES string of the molecule is Cc1cc2c(c(-c3c(CP)c(C)cc4c3CCCC4)c1CP)CCCC2. The van der Waals surface area contributed by atoms with Gasteiger partial charge in [-0.05, 0) is 133 Å². The maximum absolute atomic E-state index is 3.01. The summed E-state index contributed by atoms with van der Waals surface area (Å²) in [4.78, 5) is 0. The highest BCUT2D eigenvalue weighted by molar-refractivity contribution is 7.15. The van der Waals surface area contributed by atoms with Crippen LogP contribution in [0, 0.1) is 13.8 Å². The normalized spacial score (nSPS) is 16.3. The van der Waals surface area contributed by atoms with Crippen molar-refractivity contribution < 1.29 is 0 Å². The molecule has 0 radical (unpaired) electrons. The summed E-state index contributed by atoms with van der Waals surface area (Å²) >= 11 is 0. The number of hydrogen-bond donors (Lipinski definition) is 0. The summed E-state index contributed by atoms with van der Waals surface area (Å²) in [7, 11) is 6.03. The molecule has 0 heterocycles. The molecule has 2 aromatic carbocycles. The van der Waals surface area contributed by atoms with Crippen molar-refractivity contribution in [2.75, 3.05) is 0 Å². The average molecular weight is 382 g/mol. The molecule has 2 aliphatic carbocycles. The minimum Gasteiger partial charge on any atom is -0.133 e. The monoisotopic (exact) mass is 382 g/mol. The molecular weight excluding hydrogens is 350 g/mol. The van der Waals surface area contributed by atoms with Gasteiger partial charge in [-0.25, -0.2) is 0 Å². The molecule has 2 unspecified atom stereocenters. The molecule has 0 aromatic heterocycles. The molecule has 0 spiro atoms. The fraction of sp³-hybridized carbons (Fsp3) is 0.500. The van der Waals surface area contributed by atoms with E-state index in [-0.39, 0.29) is 0 Å². The highest BCUT2D eigenvalue weighted by Gasteiger charge is 2.25. The van der Waals surface area contributed by atoms with Gasteiger partial charge in [-0.15, -0.1) is 18.5 Å². The van der Waals surface area contributed by atoms with E-state index < -0.39 is 0 Å². The molecule has 26 heavy (non-hydrogen) atoms. The third kappa shape index (κ3) is 3.08. The fourth-order valence-corrected chi connectivity index (χ4v) is 6.38. The molecule has 4 rings (SSSR count). The van der Waals surface area contributed by atoms with Crippen LogP contribution in [0.15, 0.2) is 12.1 Å². The standard InChI is InChI=1S/C24H32P2/c1-15-11-17-7-3-5-9-19(17)23(21(15)13-25)24-20-10-6-4-8-18(20)12-16(2)22(24)14-26/h11-12H,3-10,13-14,25-26H2,1-2H3. The van der Waals surface area contributed by atoms with Crippen LogP contribution in [0.25, 0.3) is 11.1 Å². The van der Waals surface area contributed by atoms with Crippen LogP contribution in [0.4, 0.5) is 0 Å². The van der Waals surface area contributed by atoms with Crippen LogP contribution in [0.5, 0.6) is 0 Å². The van der Waals surface area contributed by atoms with Crippen molar-refractivity contribution in [1.82, 2.24) is 0 Å². The van der Waals surface area contributed by atoms with E-state index >= 15 is 0 Å². The zero-order valence-corrected chi connectivity index (χ0v) is 18.7. The molecule has 2 aliphatic rings. The van der Waals surface area contributed by atoms with E-state index in [1.54, 1.807) is 44.5 Å². The Morgan fingerprint density at radius 3 is 1.42 bits per heavy atom. The van der Waals surface area contributed by atoms with Crippen molar-refractivity contribution in [2.45, 2.75) is 77.5 Å². The topological polar surface area (TPSA) is 0 Å². The van der Waals surface area contributed by atoms with Crippen molar-refractivity contribution in [1.29, 1.82) is 0 Å². The second kappa shape index (κ2) is 7.73. The van der Waals surface area contributed by atoms with Crippen molar-refractivity contribution in [3.8, 4) is 11.1 Å².